The van der Waals surface area contributed by atoms with Crippen molar-refractivity contribution in [1.29, 1.82) is 0 Å². The Labute approximate surface area is 382 Å². The zero-order valence-corrected chi connectivity index (χ0v) is 37.7. The molecular formula is C49H53ClFN9O5. The van der Waals surface area contributed by atoms with Gasteiger partial charge in [0.25, 0.3) is 11.8 Å². The highest BCUT2D eigenvalue weighted by molar-refractivity contribution is 6.35. The van der Waals surface area contributed by atoms with Gasteiger partial charge in [0.1, 0.15) is 5.69 Å². The Hall–Kier alpha value is -6.48. The maximum Gasteiger partial charge on any atom is 0.328 e. The van der Waals surface area contributed by atoms with Crippen LogP contribution in [0.5, 0.6) is 0 Å². The van der Waals surface area contributed by atoms with Crippen LogP contribution in [0.1, 0.15) is 76.9 Å². The number of carbonyl (C=O) groups excluding carboxylic acids is 5. The quantitative estimate of drug-likeness (QED) is 0.156. The number of halogens is 2. The summed E-state index contributed by atoms with van der Waals surface area (Å²) in [6, 6.07) is 16.6. The van der Waals surface area contributed by atoms with Crippen molar-refractivity contribution < 1.29 is 28.4 Å². The molecule has 4 aliphatic heterocycles. The number of aryl methyl sites for hydroxylation is 2. The van der Waals surface area contributed by atoms with Crippen molar-refractivity contribution in [1.82, 2.24) is 34.8 Å². The van der Waals surface area contributed by atoms with E-state index in [9.17, 15) is 24.0 Å². The lowest BCUT2D eigenvalue weighted by Crippen LogP contribution is -2.50. The number of imide groups is 1. The Balaban J connectivity index is 0.880. The number of rotatable bonds is 9. The number of amides is 6. The van der Waals surface area contributed by atoms with Crippen molar-refractivity contribution in [2.75, 3.05) is 69.7 Å². The fourth-order valence-corrected chi connectivity index (χ4v) is 10.1. The molecule has 5 aromatic rings. The van der Waals surface area contributed by atoms with E-state index in [-0.39, 0.29) is 54.1 Å². The van der Waals surface area contributed by atoms with Gasteiger partial charge in [0.2, 0.25) is 11.8 Å². The zero-order valence-electron chi connectivity index (χ0n) is 37.0. The Kier molecular flexibility index (Phi) is 12.0. The lowest BCUT2D eigenvalue weighted by Gasteiger charge is -2.47. The molecule has 338 valence electrons. The summed E-state index contributed by atoms with van der Waals surface area (Å²) in [7, 11) is 3.33. The Morgan fingerprint density at radius 2 is 1.65 bits per heavy atom. The first-order valence-corrected chi connectivity index (χ1v) is 22.7. The molecule has 16 heteroatoms. The Morgan fingerprint density at radius 3 is 2.34 bits per heavy atom. The van der Waals surface area contributed by atoms with E-state index in [1.54, 1.807) is 48.1 Å². The van der Waals surface area contributed by atoms with Gasteiger partial charge in [0.15, 0.2) is 5.82 Å². The molecule has 4 aliphatic rings. The number of benzene rings is 3. The number of hydrogen-bond donors (Lipinski definition) is 2. The van der Waals surface area contributed by atoms with Gasteiger partial charge in [-0.15, -0.1) is 0 Å². The largest absolute Gasteiger partial charge is 0.371 e. The Bertz CT molecular complexity index is 2710. The maximum absolute atomic E-state index is 16.6. The number of fused-ring (bicyclic) bond motifs is 1. The van der Waals surface area contributed by atoms with Gasteiger partial charge in [-0.25, -0.2) is 9.18 Å². The lowest BCUT2D eigenvalue weighted by molar-refractivity contribution is -0.131. The van der Waals surface area contributed by atoms with Crippen LogP contribution in [0, 0.1) is 18.2 Å². The van der Waals surface area contributed by atoms with Crippen LogP contribution in [0.4, 0.5) is 20.6 Å². The molecule has 3 saturated heterocycles. The van der Waals surface area contributed by atoms with Gasteiger partial charge < -0.3 is 24.6 Å². The summed E-state index contributed by atoms with van der Waals surface area (Å²) in [6.45, 7) is 6.32. The van der Waals surface area contributed by atoms with Gasteiger partial charge in [-0.05, 0) is 109 Å². The summed E-state index contributed by atoms with van der Waals surface area (Å²) in [5, 5.41) is 7.53. The van der Waals surface area contributed by atoms with Crippen molar-refractivity contribution >= 4 is 69.1 Å². The molecule has 2 N–H and O–H groups in total. The van der Waals surface area contributed by atoms with Crippen LogP contribution >= 0.6 is 11.6 Å². The molecule has 6 heterocycles. The number of aromatic amines is 1. The van der Waals surface area contributed by atoms with Crippen LogP contribution in [-0.4, -0.2) is 119 Å². The number of carbonyl (C=O) groups is 5. The topological polar surface area (TPSA) is 147 Å². The highest BCUT2D eigenvalue weighted by Gasteiger charge is 2.39. The van der Waals surface area contributed by atoms with E-state index in [2.05, 4.69) is 44.6 Å². The first-order chi connectivity index (χ1) is 31.3. The van der Waals surface area contributed by atoms with Crippen LogP contribution in [-0.2, 0) is 16.1 Å². The molecule has 9 rings (SSSR count). The minimum Gasteiger partial charge on any atom is -0.371 e. The van der Waals surface area contributed by atoms with Crippen LogP contribution in [0.15, 0.2) is 73.1 Å². The molecule has 0 bridgehead atoms. The third-order valence-electron chi connectivity index (χ3n) is 13.8. The third kappa shape index (κ3) is 8.73. The average molecular weight is 902 g/mol. The van der Waals surface area contributed by atoms with E-state index in [0.717, 1.165) is 61.2 Å². The molecule has 3 aromatic carbocycles. The molecule has 2 aromatic heterocycles. The predicted octanol–water partition coefficient (Wildman–Crippen LogP) is 7.51. The molecular weight excluding hydrogens is 849 g/mol. The molecule has 14 nitrogen and oxygen atoms in total. The summed E-state index contributed by atoms with van der Waals surface area (Å²) >= 11 is 6.61. The summed E-state index contributed by atoms with van der Waals surface area (Å²) in [6.07, 6.45) is 10.4. The fraction of sp³-hybridized carbons (Fsp3) is 0.388. The minimum atomic E-state index is -0.545. The van der Waals surface area contributed by atoms with Gasteiger partial charge in [0.05, 0.1) is 16.2 Å². The third-order valence-corrected chi connectivity index (χ3v) is 14.3. The second-order valence-corrected chi connectivity index (χ2v) is 18.4. The number of likely N-dealkylation sites (tertiary alicyclic amines) is 1. The minimum absolute atomic E-state index is 0.0161. The number of nitrogens with zero attached hydrogens (tertiary/aromatic N) is 7. The van der Waals surface area contributed by atoms with E-state index in [1.807, 2.05) is 36.2 Å². The van der Waals surface area contributed by atoms with Crippen LogP contribution in [0.2, 0.25) is 5.02 Å². The number of anilines is 2. The fourth-order valence-electron chi connectivity index (χ4n) is 9.86. The molecule has 0 radical (unpaired) electrons. The lowest BCUT2D eigenvalue weighted by atomic mass is 9.71. The number of H-pyrrole nitrogens is 1. The predicted molar refractivity (Wildman–Crippen MR) is 248 cm³/mol. The SMILES string of the molecule is Cc1cc(C(=O)N2CCC3(CC2)CCN(c2ccc(-c4cc(C5=CCCN(C(=O)CCn6cccn6)C5)c(F)c5[nH]c(C(=O)N(C)C)cc45)cc2)CC3)cc(N2CCC(=O)NC2=O)c1Cl. The zero-order chi connectivity index (χ0) is 45.6. The van der Waals surface area contributed by atoms with Crippen LogP contribution in [0.3, 0.4) is 0 Å². The molecule has 6 amide bonds. The Morgan fingerprint density at radius 1 is 0.908 bits per heavy atom. The maximum atomic E-state index is 16.6. The van der Waals surface area contributed by atoms with E-state index in [0.29, 0.717) is 77.5 Å². The van der Waals surface area contributed by atoms with Gasteiger partial charge in [-0.1, -0.05) is 29.8 Å². The second kappa shape index (κ2) is 17.8. The molecule has 0 aliphatic carbocycles. The normalized spacial score (nSPS) is 17.7. The second-order valence-electron chi connectivity index (χ2n) is 18.0. The van der Waals surface area contributed by atoms with Gasteiger partial charge >= 0.3 is 6.03 Å². The first-order valence-electron chi connectivity index (χ1n) is 22.4. The van der Waals surface area contributed by atoms with Gasteiger partial charge in [-0.2, -0.15) is 5.10 Å². The molecule has 0 saturated carbocycles. The number of aromatic nitrogens is 3. The smallest absolute Gasteiger partial charge is 0.328 e. The molecule has 65 heavy (non-hydrogen) atoms. The molecule has 1 spiro atoms. The van der Waals surface area contributed by atoms with Gasteiger partial charge in [0, 0.05) is 114 Å². The van der Waals surface area contributed by atoms with E-state index in [1.165, 1.54) is 9.80 Å². The monoisotopic (exact) mass is 901 g/mol. The van der Waals surface area contributed by atoms with Crippen molar-refractivity contribution in [2.24, 2.45) is 5.41 Å². The average Bonchev–Trinajstić information content (AvgIpc) is 4.01. The molecule has 0 unspecified atom stereocenters. The summed E-state index contributed by atoms with van der Waals surface area (Å²) in [5.74, 6) is -1.16. The van der Waals surface area contributed by atoms with Crippen molar-refractivity contribution in [2.45, 2.75) is 58.4 Å². The number of urea groups is 1. The first kappa shape index (κ1) is 43.8. The van der Waals surface area contributed by atoms with Crippen molar-refractivity contribution in [3.05, 3.63) is 106 Å². The number of hydrogen-bond acceptors (Lipinski definition) is 7. The summed E-state index contributed by atoms with van der Waals surface area (Å²) in [4.78, 5) is 76.7. The standard InChI is InChI=1S/C49H53ClFN9O5/c1-31-26-34(27-40(43(31)50)60-21-11-41(61)54-48(60)65)46(63)57-24-15-49(16-25-57)13-22-56(23-14-49)35-9-7-32(8-10-35)36-28-37(44(51)45-38(36)29-39(53-45)47(64)55(2)3)33-6-4-18-58(30-33)42(62)12-20-59-19-5-17-52-59/h5-10,17,19,26-29,53H,4,11-16,18,20-25,30H2,1-3H3,(H,54,61,65). The number of piperidine rings is 2. The highest BCUT2D eigenvalue weighted by Crippen LogP contribution is 2.44. The highest BCUT2D eigenvalue weighted by atomic mass is 35.5. The van der Waals surface area contributed by atoms with E-state index < -0.39 is 11.8 Å². The van der Waals surface area contributed by atoms with E-state index in [4.69, 9.17) is 11.6 Å². The molecule has 0 atom stereocenters. The number of nitrogens with one attached hydrogen (secondary N) is 2. The van der Waals surface area contributed by atoms with E-state index >= 15 is 4.39 Å². The van der Waals surface area contributed by atoms with Crippen LogP contribution in [0.25, 0.3) is 27.6 Å². The molecule has 3 fully saturated rings. The van der Waals surface area contributed by atoms with Crippen molar-refractivity contribution in [3.8, 4) is 11.1 Å². The van der Waals surface area contributed by atoms with Crippen LogP contribution < -0.4 is 15.1 Å². The van der Waals surface area contributed by atoms with Gasteiger partial charge in [-0.3, -0.25) is 34.1 Å². The summed E-state index contributed by atoms with van der Waals surface area (Å²) in [5.41, 5.74) is 6.16. The van der Waals surface area contributed by atoms with Crippen molar-refractivity contribution in [3.63, 3.8) is 0 Å². The summed E-state index contributed by atoms with van der Waals surface area (Å²) < 4.78 is 18.4.